The Bertz CT molecular complexity index is 1040. The Labute approximate surface area is 150 Å². The van der Waals surface area contributed by atoms with Crippen LogP contribution in [0.4, 0.5) is 5.82 Å². The quantitative estimate of drug-likeness (QED) is 0.573. The molecule has 4 rings (SSSR count). The van der Waals surface area contributed by atoms with Crippen LogP contribution in [0.25, 0.3) is 27.8 Å². The molecule has 0 aliphatic heterocycles. The summed E-state index contributed by atoms with van der Waals surface area (Å²) in [6, 6.07) is 16.0. The van der Waals surface area contributed by atoms with Crippen LogP contribution in [0, 0.1) is 0 Å². The van der Waals surface area contributed by atoms with Crippen molar-refractivity contribution < 1.29 is 0 Å². The molecule has 0 fully saturated rings. The molecule has 0 bridgehead atoms. The van der Waals surface area contributed by atoms with Gasteiger partial charge in [0.1, 0.15) is 11.5 Å². The molecule has 1 N–H and O–H groups in total. The molecule has 6 heteroatoms. The van der Waals surface area contributed by atoms with Gasteiger partial charge < -0.3 is 5.32 Å². The fourth-order valence-electron chi connectivity index (χ4n) is 2.80. The SMILES string of the molecule is CC[C@H](C)Nc1nc2c(-c3ccc(Cl)cc3)nnn2c2ccccc12. The second-order valence-electron chi connectivity index (χ2n) is 6.11. The molecule has 0 unspecified atom stereocenters. The molecule has 1 atom stereocenters. The van der Waals surface area contributed by atoms with E-state index in [4.69, 9.17) is 16.6 Å². The number of para-hydroxylation sites is 1. The number of benzene rings is 2. The summed E-state index contributed by atoms with van der Waals surface area (Å²) in [4.78, 5) is 4.84. The van der Waals surface area contributed by atoms with Gasteiger partial charge in [-0.15, -0.1) is 5.10 Å². The van der Waals surface area contributed by atoms with Gasteiger partial charge >= 0.3 is 0 Å². The second-order valence-corrected chi connectivity index (χ2v) is 6.55. The molecule has 5 nitrogen and oxygen atoms in total. The van der Waals surface area contributed by atoms with Crippen LogP contribution >= 0.6 is 11.6 Å². The Morgan fingerprint density at radius 3 is 2.64 bits per heavy atom. The van der Waals surface area contributed by atoms with Crippen LogP contribution in [0.5, 0.6) is 0 Å². The van der Waals surface area contributed by atoms with Crippen LogP contribution in [0.2, 0.25) is 5.02 Å². The van der Waals surface area contributed by atoms with E-state index in [1.54, 1.807) is 4.52 Å². The first-order valence-corrected chi connectivity index (χ1v) is 8.72. The predicted octanol–water partition coefficient (Wildman–Crippen LogP) is 4.81. The third-order valence-corrected chi connectivity index (χ3v) is 4.62. The molecular formula is C19H18ClN5. The van der Waals surface area contributed by atoms with E-state index < -0.39 is 0 Å². The van der Waals surface area contributed by atoms with Crippen molar-refractivity contribution in [1.29, 1.82) is 0 Å². The first-order chi connectivity index (χ1) is 12.2. The number of hydrogen-bond acceptors (Lipinski definition) is 4. The summed E-state index contributed by atoms with van der Waals surface area (Å²) in [6.07, 6.45) is 1.02. The minimum Gasteiger partial charge on any atom is -0.367 e. The lowest BCUT2D eigenvalue weighted by Gasteiger charge is -2.14. The van der Waals surface area contributed by atoms with Crippen molar-refractivity contribution in [3.8, 4) is 11.3 Å². The highest BCUT2D eigenvalue weighted by atomic mass is 35.5. The van der Waals surface area contributed by atoms with E-state index in [1.165, 1.54) is 0 Å². The van der Waals surface area contributed by atoms with Crippen molar-refractivity contribution >= 4 is 34.0 Å². The van der Waals surface area contributed by atoms with Crippen molar-refractivity contribution in [3.05, 3.63) is 53.6 Å². The summed E-state index contributed by atoms with van der Waals surface area (Å²) >= 11 is 6.00. The van der Waals surface area contributed by atoms with E-state index in [9.17, 15) is 0 Å². The predicted molar refractivity (Wildman–Crippen MR) is 102 cm³/mol. The van der Waals surface area contributed by atoms with E-state index in [-0.39, 0.29) is 0 Å². The highest BCUT2D eigenvalue weighted by Gasteiger charge is 2.16. The lowest BCUT2D eigenvalue weighted by atomic mass is 10.1. The molecule has 2 heterocycles. The summed E-state index contributed by atoms with van der Waals surface area (Å²) in [5, 5.41) is 13.9. The maximum atomic E-state index is 6.00. The first-order valence-electron chi connectivity index (χ1n) is 8.34. The monoisotopic (exact) mass is 351 g/mol. The summed E-state index contributed by atoms with van der Waals surface area (Å²) in [6.45, 7) is 4.30. The van der Waals surface area contributed by atoms with Crippen molar-refractivity contribution in [2.24, 2.45) is 0 Å². The van der Waals surface area contributed by atoms with E-state index in [2.05, 4.69) is 35.5 Å². The number of fused-ring (bicyclic) bond motifs is 3. The molecular weight excluding hydrogens is 334 g/mol. The van der Waals surface area contributed by atoms with Gasteiger partial charge in [0.25, 0.3) is 0 Å². The Balaban J connectivity index is 1.97. The van der Waals surface area contributed by atoms with Gasteiger partial charge in [-0.05, 0) is 37.6 Å². The van der Waals surface area contributed by atoms with Crippen LogP contribution in [0.3, 0.4) is 0 Å². The van der Waals surface area contributed by atoms with Gasteiger partial charge in [-0.2, -0.15) is 4.52 Å². The minimum atomic E-state index is 0.327. The average Bonchev–Trinajstić information content (AvgIpc) is 3.06. The maximum Gasteiger partial charge on any atom is 0.186 e. The largest absolute Gasteiger partial charge is 0.367 e. The zero-order valence-corrected chi connectivity index (χ0v) is 14.8. The molecule has 2 aromatic heterocycles. The highest BCUT2D eigenvalue weighted by Crippen LogP contribution is 2.28. The second kappa shape index (κ2) is 6.33. The molecule has 2 aromatic carbocycles. The smallest absolute Gasteiger partial charge is 0.186 e. The third kappa shape index (κ3) is 2.81. The highest BCUT2D eigenvalue weighted by molar-refractivity contribution is 6.30. The van der Waals surface area contributed by atoms with E-state index >= 15 is 0 Å². The van der Waals surface area contributed by atoms with E-state index in [0.717, 1.165) is 40.0 Å². The first kappa shape index (κ1) is 15.8. The number of aromatic nitrogens is 4. The van der Waals surface area contributed by atoms with E-state index in [1.807, 2.05) is 42.5 Å². The molecule has 4 aromatic rings. The van der Waals surface area contributed by atoms with Crippen LogP contribution in [0.15, 0.2) is 48.5 Å². The third-order valence-electron chi connectivity index (χ3n) is 4.36. The molecule has 25 heavy (non-hydrogen) atoms. The van der Waals surface area contributed by atoms with Crippen molar-refractivity contribution in [2.75, 3.05) is 5.32 Å². The molecule has 0 aliphatic carbocycles. The maximum absolute atomic E-state index is 6.00. The number of nitrogens with one attached hydrogen (secondary N) is 1. The fraction of sp³-hybridized carbons (Fsp3) is 0.211. The van der Waals surface area contributed by atoms with Gasteiger partial charge in [0.2, 0.25) is 0 Å². The van der Waals surface area contributed by atoms with Gasteiger partial charge in [0.05, 0.1) is 5.52 Å². The molecule has 0 spiro atoms. The standard InChI is InChI=1S/C19H18ClN5/c1-3-12(2)21-18-15-6-4-5-7-16(15)25-19(22-18)17(23-24-25)13-8-10-14(20)11-9-13/h4-12H,3H2,1-2H3,(H,21,22)/t12-/m0/s1. The van der Waals surface area contributed by atoms with Crippen molar-refractivity contribution in [3.63, 3.8) is 0 Å². The van der Waals surface area contributed by atoms with Crippen LogP contribution < -0.4 is 5.32 Å². The summed E-state index contributed by atoms with van der Waals surface area (Å²) in [5.41, 5.74) is 3.39. The average molecular weight is 352 g/mol. The van der Waals surface area contributed by atoms with Gasteiger partial charge in [-0.1, -0.05) is 48.0 Å². The Hall–Kier alpha value is -2.66. The van der Waals surface area contributed by atoms with Crippen LogP contribution in [-0.4, -0.2) is 25.9 Å². The summed E-state index contributed by atoms with van der Waals surface area (Å²) in [5.74, 6) is 0.856. The molecule has 0 radical (unpaired) electrons. The molecule has 0 saturated carbocycles. The molecule has 0 aliphatic rings. The Morgan fingerprint density at radius 1 is 1.12 bits per heavy atom. The van der Waals surface area contributed by atoms with Crippen LogP contribution in [-0.2, 0) is 0 Å². The number of rotatable bonds is 4. The minimum absolute atomic E-state index is 0.327. The lowest BCUT2D eigenvalue weighted by Crippen LogP contribution is -2.15. The number of halogens is 1. The Kier molecular flexibility index (Phi) is 4.01. The van der Waals surface area contributed by atoms with Crippen LogP contribution in [0.1, 0.15) is 20.3 Å². The van der Waals surface area contributed by atoms with Gasteiger partial charge in [0, 0.05) is 22.0 Å². The molecule has 0 amide bonds. The number of hydrogen-bond donors (Lipinski definition) is 1. The number of anilines is 1. The van der Waals surface area contributed by atoms with Gasteiger partial charge in [0.15, 0.2) is 5.65 Å². The fourth-order valence-corrected chi connectivity index (χ4v) is 2.93. The Morgan fingerprint density at radius 2 is 1.88 bits per heavy atom. The lowest BCUT2D eigenvalue weighted by molar-refractivity contribution is 0.760. The zero-order valence-electron chi connectivity index (χ0n) is 14.1. The number of nitrogens with zero attached hydrogens (tertiary/aromatic N) is 4. The van der Waals surface area contributed by atoms with Crippen molar-refractivity contribution in [1.82, 2.24) is 19.8 Å². The van der Waals surface area contributed by atoms with Crippen molar-refractivity contribution in [2.45, 2.75) is 26.3 Å². The van der Waals surface area contributed by atoms with Gasteiger partial charge in [-0.25, -0.2) is 4.98 Å². The summed E-state index contributed by atoms with van der Waals surface area (Å²) < 4.78 is 1.79. The molecule has 126 valence electrons. The summed E-state index contributed by atoms with van der Waals surface area (Å²) in [7, 11) is 0. The van der Waals surface area contributed by atoms with Gasteiger partial charge in [-0.3, -0.25) is 0 Å². The zero-order chi connectivity index (χ0) is 17.4. The normalized spacial score (nSPS) is 12.6. The topological polar surface area (TPSA) is 55.1 Å². The molecule has 0 saturated heterocycles. The van der Waals surface area contributed by atoms with E-state index in [0.29, 0.717) is 11.1 Å².